The highest BCUT2D eigenvalue weighted by Gasteiger charge is 2.31. The van der Waals surface area contributed by atoms with Gasteiger partial charge in [0.25, 0.3) is 0 Å². The van der Waals surface area contributed by atoms with Crippen LogP contribution in [0.5, 0.6) is 0 Å². The summed E-state index contributed by atoms with van der Waals surface area (Å²) in [4.78, 5) is 0. The third kappa shape index (κ3) is 3.86. The van der Waals surface area contributed by atoms with Crippen molar-refractivity contribution >= 4 is 21.6 Å². The lowest BCUT2D eigenvalue weighted by Gasteiger charge is -2.16. The first-order valence-corrected chi connectivity index (χ1v) is 5.95. The Kier molecular flexibility index (Phi) is 5.01. The normalized spacial score (nSPS) is 13.5. The molecular formula is C11H13BrF3NO2. The largest absolute Gasteiger partial charge is 0.416 e. The number of anilines is 1. The number of hydrogen-bond acceptors (Lipinski definition) is 3. The van der Waals surface area contributed by atoms with Crippen molar-refractivity contribution < 1.29 is 23.4 Å². The van der Waals surface area contributed by atoms with Crippen molar-refractivity contribution in [3.63, 3.8) is 0 Å². The Balaban J connectivity index is 3.00. The highest BCUT2D eigenvalue weighted by Crippen LogP contribution is 2.35. The third-order valence-corrected chi connectivity index (χ3v) is 3.23. The summed E-state index contributed by atoms with van der Waals surface area (Å²) in [6.07, 6.45) is -5.44. The lowest BCUT2D eigenvalue weighted by atomic mass is 10.1. The topological polar surface area (TPSA) is 52.5 Å². The van der Waals surface area contributed by atoms with Crippen molar-refractivity contribution in [2.24, 2.45) is 0 Å². The maximum Gasteiger partial charge on any atom is 0.416 e. The minimum Gasteiger partial charge on any atom is -0.394 e. The number of halogens is 4. The fraction of sp³-hybridized carbons (Fsp3) is 0.455. The average molecular weight is 328 g/mol. The number of nitrogens with one attached hydrogen (secondary N) is 1. The highest BCUT2D eigenvalue weighted by atomic mass is 79.9. The number of alkyl halides is 3. The zero-order valence-electron chi connectivity index (χ0n) is 9.55. The molecule has 0 spiro atoms. The predicted octanol–water partition coefficient (Wildman–Crippen LogP) is 2.54. The van der Waals surface area contributed by atoms with E-state index in [1.165, 1.54) is 0 Å². The summed E-state index contributed by atoms with van der Waals surface area (Å²) in [5.41, 5.74) is 0.0957. The minimum atomic E-state index is -4.43. The van der Waals surface area contributed by atoms with Crippen molar-refractivity contribution in [3.05, 3.63) is 27.7 Å². The van der Waals surface area contributed by atoms with Crippen LogP contribution in [0.15, 0.2) is 16.6 Å². The summed E-state index contributed by atoms with van der Waals surface area (Å²) in [6.45, 7) is 1.18. The average Bonchev–Trinajstić information content (AvgIpc) is 2.28. The molecule has 0 aromatic heterocycles. The molecule has 18 heavy (non-hydrogen) atoms. The molecule has 7 heteroatoms. The van der Waals surface area contributed by atoms with Gasteiger partial charge in [-0.1, -0.05) is 15.9 Å². The Morgan fingerprint density at radius 1 is 1.39 bits per heavy atom. The van der Waals surface area contributed by atoms with Crippen LogP contribution in [-0.4, -0.2) is 29.5 Å². The van der Waals surface area contributed by atoms with E-state index in [0.717, 1.165) is 12.1 Å². The summed E-state index contributed by atoms with van der Waals surface area (Å²) >= 11 is 3.06. The minimum absolute atomic E-state index is 0.0227. The van der Waals surface area contributed by atoms with E-state index in [1.54, 1.807) is 6.92 Å². The maximum atomic E-state index is 12.6. The van der Waals surface area contributed by atoms with Crippen LogP contribution >= 0.6 is 15.9 Å². The number of aliphatic hydroxyl groups is 2. The van der Waals surface area contributed by atoms with Crippen LogP contribution in [0, 0.1) is 6.92 Å². The van der Waals surface area contributed by atoms with Crippen molar-refractivity contribution in [2.75, 3.05) is 18.5 Å². The fourth-order valence-electron chi connectivity index (χ4n) is 1.32. The second kappa shape index (κ2) is 5.90. The number of hydrogen-bond donors (Lipinski definition) is 3. The highest BCUT2D eigenvalue weighted by molar-refractivity contribution is 9.10. The molecule has 102 valence electrons. The van der Waals surface area contributed by atoms with Crippen LogP contribution in [-0.2, 0) is 6.18 Å². The zero-order chi connectivity index (χ0) is 13.9. The van der Waals surface area contributed by atoms with Gasteiger partial charge in [0.15, 0.2) is 0 Å². The fourth-order valence-corrected chi connectivity index (χ4v) is 1.78. The van der Waals surface area contributed by atoms with E-state index >= 15 is 0 Å². The predicted molar refractivity (Wildman–Crippen MR) is 65.5 cm³/mol. The second-order valence-corrected chi connectivity index (χ2v) is 4.70. The van der Waals surface area contributed by atoms with Gasteiger partial charge in [0.2, 0.25) is 0 Å². The van der Waals surface area contributed by atoms with Gasteiger partial charge >= 0.3 is 6.18 Å². The van der Waals surface area contributed by atoms with Crippen molar-refractivity contribution in [1.29, 1.82) is 0 Å². The van der Waals surface area contributed by atoms with E-state index in [9.17, 15) is 13.2 Å². The first-order chi connectivity index (χ1) is 8.25. The molecule has 0 aliphatic rings. The molecule has 0 heterocycles. The molecule has 0 aliphatic heterocycles. The number of rotatable bonds is 4. The molecule has 0 aliphatic carbocycles. The molecule has 0 bridgehead atoms. The Morgan fingerprint density at radius 2 is 2.00 bits per heavy atom. The maximum absolute atomic E-state index is 12.6. The van der Waals surface area contributed by atoms with Crippen LogP contribution in [0.25, 0.3) is 0 Å². The molecule has 0 radical (unpaired) electrons. The van der Waals surface area contributed by atoms with Gasteiger partial charge < -0.3 is 15.5 Å². The Labute approximate surface area is 111 Å². The summed E-state index contributed by atoms with van der Waals surface area (Å²) < 4.78 is 38.2. The van der Waals surface area contributed by atoms with Crippen molar-refractivity contribution in [3.8, 4) is 0 Å². The summed E-state index contributed by atoms with van der Waals surface area (Å²) in [6, 6.07) is 1.98. The molecular weight excluding hydrogens is 315 g/mol. The van der Waals surface area contributed by atoms with Gasteiger partial charge in [-0.3, -0.25) is 0 Å². The number of benzene rings is 1. The van der Waals surface area contributed by atoms with Gasteiger partial charge in [-0.15, -0.1) is 0 Å². The smallest absolute Gasteiger partial charge is 0.394 e. The van der Waals surface area contributed by atoms with Gasteiger partial charge in [0.05, 0.1) is 18.3 Å². The Hall–Kier alpha value is -0.790. The first kappa shape index (κ1) is 15.3. The lowest BCUT2D eigenvalue weighted by molar-refractivity contribution is -0.137. The van der Waals surface area contributed by atoms with Crippen LogP contribution in [0.1, 0.15) is 11.1 Å². The third-order valence-electron chi connectivity index (χ3n) is 2.41. The van der Waals surface area contributed by atoms with Gasteiger partial charge in [-0.25, -0.2) is 0 Å². The first-order valence-electron chi connectivity index (χ1n) is 5.16. The standard InChI is InChI=1S/C11H13BrF3NO2/c1-6-9(12)2-7(11(13,14)15)3-10(6)16-4-8(18)5-17/h2-3,8,16-18H,4-5H2,1H3. The molecule has 0 amide bonds. The zero-order valence-corrected chi connectivity index (χ0v) is 11.1. The molecule has 3 N–H and O–H groups in total. The van der Waals surface area contributed by atoms with E-state index in [2.05, 4.69) is 21.2 Å². The molecule has 0 saturated carbocycles. The van der Waals surface area contributed by atoms with Crippen molar-refractivity contribution in [1.82, 2.24) is 0 Å². The van der Waals surface area contributed by atoms with Crippen LogP contribution in [0.2, 0.25) is 0 Å². The van der Waals surface area contributed by atoms with E-state index in [4.69, 9.17) is 10.2 Å². The van der Waals surface area contributed by atoms with Crippen LogP contribution in [0.4, 0.5) is 18.9 Å². The molecule has 1 unspecified atom stereocenters. The summed E-state index contributed by atoms with van der Waals surface area (Å²) in [5.74, 6) is 0. The molecule has 0 fully saturated rings. The monoisotopic (exact) mass is 327 g/mol. The SMILES string of the molecule is Cc1c(Br)cc(C(F)(F)F)cc1NCC(O)CO. The quantitative estimate of drug-likeness (QED) is 0.796. The summed E-state index contributed by atoms with van der Waals surface area (Å²) in [7, 11) is 0. The van der Waals surface area contributed by atoms with Gasteiger partial charge in [0, 0.05) is 16.7 Å². The van der Waals surface area contributed by atoms with Crippen molar-refractivity contribution in [2.45, 2.75) is 19.2 Å². The molecule has 1 rings (SSSR count). The van der Waals surface area contributed by atoms with Gasteiger partial charge in [0.1, 0.15) is 0 Å². The van der Waals surface area contributed by atoms with E-state index in [1.807, 2.05) is 0 Å². The van der Waals surface area contributed by atoms with Crippen LogP contribution in [0.3, 0.4) is 0 Å². The van der Waals surface area contributed by atoms with Gasteiger partial charge in [-0.05, 0) is 24.6 Å². The molecule has 0 saturated heterocycles. The Bertz CT molecular complexity index is 423. The Morgan fingerprint density at radius 3 is 2.50 bits per heavy atom. The summed E-state index contributed by atoms with van der Waals surface area (Å²) in [5, 5.41) is 20.5. The molecule has 1 aromatic carbocycles. The van der Waals surface area contributed by atoms with E-state index < -0.39 is 24.5 Å². The number of aliphatic hydroxyl groups excluding tert-OH is 2. The van der Waals surface area contributed by atoms with Gasteiger partial charge in [-0.2, -0.15) is 13.2 Å². The van der Waals surface area contributed by atoms with E-state index in [0.29, 0.717) is 10.0 Å². The second-order valence-electron chi connectivity index (χ2n) is 3.85. The van der Waals surface area contributed by atoms with E-state index in [-0.39, 0.29) is 12.2 Å². The lowest BCUT2D eigenvalue weighted by Crippen LogP contribution is -2.23. The molecule has 1 atom stereocenters. The molecule has 3 nitrogen and oxygen atoms in total. The van der Waals surface area contributed by atoms with Crippen LogP contribution < -0.4 is 5.32 Å². The molecule has 1 aromatic rings.